The Kier molecular flexibility index (Phi) is 5.67. The van der Waals surface area contributed by atoms with E-state index in [0.717, 1.165) is 17.5 Å². The average molecular weight is 332 g/mol. The molecule has 0 aliphatic rings. The van der Waals surface area contributed by atoms with E-state index in [9.17, 15) is 4.79 Å². The van der Waals surface area contributed by atoms with E-state index < -0.39 is 6.10 Å². The van der Waals surface area contributed by atoms with Crippen molar-refractivity contribution in [2.24, 2.45) is 0 Å². The molecular weight excluding hydrogens is 310 g/mol. The van der Waals surface area contributed by atoms with E-state index in [1.165, 1.54) is 5.56 Å². The minimum atomic E-state index is -0.612. The van der Waals surface area contributed by atoms with Crippen LogP contribution in [-0.2, 0) is 11.2 Å². The van der Waals surface area contributed by atoms with Gasteiger partial charge < -0.3 is 10.1 Å². The van der Waals surface area contributed by atoms with Gasteiger partial charge in [0.25, 0.3) is 5.91 Å². The maximum atomic E-state index is 12.4. The Morgan fingerprint density at radius 3 is 2.65 bits per heavy atom. The summed E-state index contributed by atoms with van der Waals surface area (Å²) in [7, 11) is 0. The fraction of sp³-hybridized carbons (Fsp3) is 0.316. The molecule has 1 unspecified atom stereocenters. The van der Waals surface area contributed by atoms with Crippen molar-refractivity contribution in [3.63, 3.8) is 0 Å². The molecule has 1 atom stereocenters. The van der Waals surface area contributed by atoms with E-state index in [2.05, 4.69) is 12.2 Å². The summed E-state index contributed by atoms with van der Waals surface area (Å²) in [6, 6.07) is 11.6. The summed E-state index contributed by atoms with van der Waals surface area (Å²) in [4.78, 5) is 12.4. The van der Waals surface area contributed by atoms with Crippen molar-refractivity contribution in [1.29, 1.82) is 0 Å². The van der Waals surface area contributed by atoms with Crippen LogP contribution in [0.5, 0.6) is 5.75 Å². The number of carbonyl (C=O) groups excluding carboxylic acids is 1. The third-order valence-electron chi connectivity index (χ3n) is 3.67. The minimum Gasteiger partial charge on any atom is -0.481 e. The first-order valence-electron chi connectivity index (χ1n) is 7.74. The lowest BCUT2D eigenvalue weighted by Crippen LogP contribution is -2.30. The predicted octanol–water partition coefficient (Wildman–Crippen LogP) is 4.93. The second-order valence-electron chi connectivity index (χ2n) is 5.69. The largest absolute Gasteiger partial charge is 0.481 e. The molecule has 2 aromatic carbocycles. The number of aryl methyl sites for hydroxylation is 3. The van der Waals surface area contributed by atoms with Crippen LogP contribution < -0.4 is 10.1 Å². The zero-order valence-electron chi connectivity index (χ0n) is 13.9. The van der Waals surface area contributed by atoms with Gasteiger partial charge in [0.1, 0.15) is 5.75 Å². The zero-order chi connectivity index (χ0) is 17.0. The summed E-state index contributed by atoms with van der Waals surface area (Å²) >= 11 is 6.23. The van der Waals surface area contributed by atoms with E-state index >= 15 is 0 Å². The third kappa shape index (κ3) is 4.49. The average Bonchev–Trinajstić information content (AvgIpc) is 2.50. The first-order chi connectivity index (χ1) is 10.9. The highest BCUT2D eigenvalue weighted by atomic mass is 35.5. The Hall–Kier alpha value is -2.00. The highest BCUT2D eigenvalue weighted by molar-refractivity contribution is 6.34. The molecular formula is C19H22ClNO2. The van der Waals surface area contributed by atoms with Gasteiger partial charge in [-0.15, -0.1) is 0 Å². The minimum absolute atomic E-state index is 0.222. The van der Waals surface area contributed by atoms with Crippen LogP contribution in [0.3, 0.4) is 0 Å². The van der Waals surface area contributed by atoms with Crippen molar-refractivity contribution >= 4 is 23.2 Å². The van der Waals surface area contributed by atoms with Gasteiger partial charge in [0, 0.05) is 0 Å². The van der Waals surface area contributed by atoms with Gasteiger partial charge in [-0.1, -0.05) is 36.7 Å². The zero-order valence-corrected chi connectivity index (χ0v) is 14.7. The molecule has 0 fully saturated rings. The van der Waals surface area contributed by atoms with E-state index in [1.54, 1.807) is 6.92 Å². The number of anilines is 1. The number of hydrogen-bond acceptors (Lipinski definition) is 2. The Morgan fingerprint density at radius 1 is 1.26 bits per heavy atom. The van der Waals surface area contributed by atoms with Crippen LogP contribution in [0, 0.1) is 13.8 Å². The molecule has 0 aliphatic heterocycles. The molecule has 122 valence electrons. The van der Waals surface area contributed by atoms with Gasteiger partial charge in [-0.3, -0.25) is 4.79 Å². The second kappa shape index (κ2) is 7.51. The fourth-order valence-corrected chi connectivity index (χ4v) is 2.76. The van der Waals surface area contributed by atoms with Crippen LogP contribution in [-0.4, -0.2) is 12.0 Å². The molecule has 0 spiro atoms. The number of benzene rings is 2. The van der Waals surface area contributed by atoms with Gasteiger partial charge in [-0.2, -0.15) is 0 Å². The number of carbonyl (C=O) groups is 1. The van der Waals surface area contributed by atoms with Crippen molar-refractivity contribution in [2.75, 3.05) is 5.32 Å². The van der Waals surface area contributed by atoms with Crippen LogP contribution in [0.1, 0.15) is 30.5 Å². The molecule has 2 rings (SSSR count). The normalized spacial score (nSPS) is 11.9. The Bertz CT molecular complexity index is 689. The summed E-state index contributed by atoms with van der Waals surface area (Å²) < 4.78 is 5.74. The molecule has 0 aromatic heterocycles. The highest BCUT2D eigenvalue weighted by Gasteiger charge is 2.17. The first kappa shape index (κ1) is 17.4. The monoisotopic (exact) mass is 331 g/mol. The van der Waals surface area contributed by atoms with E-state index in [-0.39, 0.29) is 5.91 Å². The van der Waals surface area contributed by atoms with Crippen molar-refractivity contribution < 1.29 is 9.53 Å². The lowest BCUT2D eigenvalue weighted by atomic mass is 10.1. The lowest BCUT2D eigenvalue weighted by Gasteiger charge is -2.17. The molecule has 3 nitrogen and oxygen atoms in total. The quantitative estimate of drug-likeness (QED) is 0.844. The molecule has 4 heteroatoms. The van der Waals surface area contributed by atoms with E-state index in [4.69, 9.17) is 16.3 Å². The maximum Gasteiger partial charge on any atom is 0.265 e. The van der Waals surface area contributed by atoms with Gasteiger partial charge in [0.2, 0.25) is 0 Å². The Balaban J connectivity index is 2.08. The molecule has 0 radical (unpaired) electrons. The molecule has 23 heavy (non-hydrogen) atoms. The van der Waals surface area contributed by atoms with Crippen LogP contribution in [0.2, 0.25) is 5.02 Å². The number of ether oxygens (including phenoxy) is 1. The molecule has 0 bridgehead atoms. The van der Waals surface area contributed by atoms with Crippen molar-refractivity contribution in [3.8, 4) is 5.75 Å². The van der Waals surface area contributed by atoms with Gasteiger partial charge >= 0.3 is 0 Å². The van der Waals surface area contributed by atoms with Crippen LogP contribution >= 0.6 is 11.6 Å². The molecule has 0 saturated heterocycles. The first-order valence-corrected chi connectivity index (χ1v) is 8.11. The van der Waals surface area contributed by atoms with Crippen LogP contribution in [0.4, 0.5) is 5.69 Å². The summed E-state index contributed by atoms with van der Waals surface area (Å²) in [6.07, 6.45) is 0.314. The number of rotatable bonds is 5. The predicted molar refractivity (Wildman–Crippen MR) is 95.5 cm³/mol. The Morgan fingerprint density at radius 2 is 2.00 bits per heavy atom. The second-order valence-corrected chi connectivity index (χ2v) is 6.10. The lowest BCUT2D eigenvalue weighted by molar-refractivity contribution is -0.122. The summed E-state index contributed by atoms with van der Waals surface area (Å²) in [5.41, 5.74) is 3.81. The highest BCUT2D eigenvalue weighted by Crippen LogP contribution is 2.27. The smallest absolute Gasteiger partial charge is 0.265 e. The fourth-order valence-electron chi connectivity index (χ4n) is 2.40. The SMILES string of the molecule is CCc1cccc(OC(C)C(=O)Nc2c(C)cc(C)cc2Cl)c1. The summed E-state index contributed by atoms with van der Waals surface area (Å²) in [6.45, 7) is 7.70. The topological polar surface area (TPSA) is 38.3 Å². The van der Waals surface area contributed by atoms with E-state index in [0.29, 0.717) is 16.5 Å². The maximum absolute atomic E-state index is 12.4. The van der Waals surface area contributed by atoms with Gasteiger partial charge in [0.15, 0.2) is 6.10 Å². The molecule has 0 aliphatic carbocycles. The van der Waals surface area contributed by atoms with Crippen LogP contribution in [0.15, 0.2) is 36.4 Å². The standard InChI is InChI=1S/C19H22ClNO2/c1-5-15-7-6-8-16(11-15)23-14(4)19(22)21-18-13(3)9-12(2)10-17(18)20/h6-11,14H,5H2,1-4H3,(H,21,22). The van der Waals surface area contributed by atoms with Crippen molar-refractivity contribution in [1.82, 2.24) is 0 Å². The number of halogens is 1. The number of amides is 1. The van der Waals surface area contributed by atoms with E-state index in [1.807, 2.05) is 50.2 Å². The molecule has 2 aromatic rings. The summed E-state index contributed by atoms with van der Waals surface area (Å²) in [5, 5.41) is 3.40. The third-order valence-corrected chi connectivity index (χ3v) is 3.97. The molecule has 0 saturated carbocycles. The number of nitrogens with one attached hydrogen (secondary N) is 1. The van der Waals surface area contributed by atoms with Crippen molar-refractivity contribution in [2.45, 2.75) is 40.2 Å². The van der Waals surface area contributed by atoms with Gasteiger partial charge in [-0.05, 0) is 62.1 Å². The van der Waals surface area contributed by atoms with Crippen LogP contribution in [0.25, 0.3) is 0 Å². The van der Waals surface area contributed by atoms with Gasteiger partial charge in [0.05, 0.1) is 10.7 Å². The molecule has 0 heterocycles. The molecule has 1 N–H and O–H groups in total. The summed E-state index contributed by atoms with van der Waals surface area (Å²) in [5.74, 6) is 0.472. The Labute approximate surface area is 142 Å². The molecule has 1 amide bonds. The number of hydrogen-bond donors (Lipinski definition) is 1. The van der Waals surface area contributed by atoms with Gasteiger partial charge in [-0.25, -0.2) is 0 Å². The van der Waals surface area contributed by atoms with Crippen molar-refractivity contribution in [3.05, 3.63) is 58.1 Å².